The first-order valence-electron chi connectivity index (χ1n) is 5.40. The number of H-pyrrole nitrogens is 1. The van der Waals surface area contributed by atoms with Crippen LogP contribution in [0.15, 0.2) is 29.1 Å². The predicted molar refractivity (Wildman–Crippen MR) is 68.9 cm³/mol. The summed E-state index contributed by atoms with van der Waals surface area (Å²) in [5.74, 6) is 0. The molecule has 2 rings (SSSR count). The molecule has 0 saturated carbocycles. The molecule has 0 radical (unpaired) electrons. The second kappa shape index (κ2) is 4.77. The molecule has 17 heavy (non-hydrogen) atoms. The summed E-state index contributed by atoms with van der Waals surface area (Å²) in [5.41, 5.74) is 7.85. The molecule has 0 aliphatic heterocycles. The van der Waals surface area contributed by atoms with Gasteiger partial charge in [-0.25, -0.2) is 0 Å². The molecular weight excluding hydrogens is 238 g/mol. The Bertz CT molecular complexity index is 586. The van der Waals surface area contributed by atoms with Crippen LogP contribution in [-0.2, 0) is 6.42 Å². The van der Waals surface area contributed by atoms with E-state index < -0.39 is 0 Å². The minimum atomic E-state index is -0.0899. The lowest BCUT2D eigenvalue weighted by atomic mass is 10.2. The molecule has 0 aliphatic carbocycles. The third-order valence-corrected chi connectivity index (χ3v) is 2.96. The van der Waals surface area contributed by atoms with Crippen LogP contribution in [0.1, 0.15) is 11.3 Å². The SMILES string of the molecule is Cc1c(CCN)c(=O)[nH]n1-c1cccc(Cl)c1. The van der Waals surface area contributed by atoms with E-state index in [-0.39, 0.29) is 5.56 Å². The van der Waals surface area contributed by atoms with Gasteiger partial charge in [0, 0.05) is 16.3 Å². The van der Waals surface area contributed by atoms with E-state index in [1.807, 2.05) is 19.1 Å². The van der Waals surface area contributed by atoms with Gasteiger partial charge in [0.1, 0.15) is 0 Å². The largest absolute Gasteiger partial charge is 0.330 e. The number of nitrogens with zero attached hydrogens (tertiary/aromatic N) is 1. The van der Waals surface area contributed by atoms with Gasteiger partial charge in [0.25, 0.3) is 5.56 Å². The Kier molecular flexibility index (Phi) is 3.36. The topological polar surface area (TPSA) is 63.8 Å². The summed E-state index contributed by atoms with van der Waals surface area (Å²) in [5, 5.41) is 3.42. The summed E-state index contributed by atoms with van der Waals surface area (Å²) < 4.78 is 1.74. The van der Waals surface area contributed by atoms with Gasteiger partial charge in [-0.1, -0.05) is 17.7 Å². The number of aromatic nitrogens is 2. The molecule has 0 bridgehead atoms. The molecule has 1 aromatic carbocycles. The van der Waals surface area contributed by atoms with Crippen LogP contribution < -0.4 is 11.3 Å². The van der Waals surface area contributed by atoms with Crippen LogP contribution in [0, 0.1) is 6.92 Å². The second-order valence-corrected chi connectivity index (χ2v) is 4.30. The number of aromatic amines is 1. The lowest BCUT2D eigenvalue weighted by molar-refractivity contribution is 0.832. The second-order valence-electron chi connectivity index (χ2n) is 3.86. The highest BCUT2D eigenvalue weighted by Gasteiger charge is 2.11. The molecule has 0 fully saturated rings. The van der Waals surface area contributed by atoms with E-state index in [0.29, 0.717) is 18.0 Å². The van der Waals surface area contributed by atoms with Crippen LogP contribution in [0.2, 0.25) is 5.02 Å². The van der Waals surface area contributed by atoms with Crippen molar-refractivity contribution >= 4 is 11.6 Å². The van der Waals surface area contributed by atoms with Gasteiger partial charge in [0.15, 0.2) is 0 Å². The standard InChI is InChI=1S/C12H14ClN3O/c1-8-11(5-6-14)12(17)15-16(8)10-4-2-3-9(13)7-10/h2-4,7H,5-6,14H2,1H3,(H,15,17). The minimum absolute atomic E-state index is 0.0899. The molecule has 0 aliphatic rings. The van der Waals surface area contributed by atoms with Gasteiger partial charge in [-0.05, 0) is 38.1 Å². The van der Waals surface area contributed by atoms with Crippen molar-refractivity contribution in [3.63, 3.8) is 0 Å². The van der Waals surface area contributed by atoms with Gasteiger partial charge in [0.2, 0.25) is 0 Å². The summed E-state index contributed by atoms with van der Waals surface area (Å²) >= 11 is 5.93. The third kappa shape index (κ3) is 2.28. The van der Waals surface area contributed by atoms with Crippen LogP contribution in [0.5, 0.6) is 0 Å². The fourth-order valence-corrected chi connectivity index (χ4v) is 2.05. The normalized spacial score (nSPS) is 10.8. The minimum Gasteiger partial charge on any atom is -0.330 e. The summed E-state index contributed by atoms with van der Waals surface area (Å²) in [6, 6.07) is 7.33. The number of hydrogen-bond donors (Lipinski definition) is 2. The highest BCUT2D eigenvalue weighted by atomic mass is 35.5. The Balaban J connectivity index is 2.54. The number of hydrogen-bond acceptors (Lipinski definition) is 2. The van der Waals surface area contributed by atoms with E-state index in [0.717, 1.165) is 16.9 Å². The van der Waals surface area contributed by atoms with E-state index in [9.17, 15) is 4.79 Å². The summed E-state index contributed by atoms with van der Waals surface area (Å²) in [4.78, 5) is 11.7. The highest BCUT2D eigenvalue weighted by Crippen LogP contribution is 2.16. The van der Waals surface area contributed by atoms with Gasteiger partial charge < -0.3 is 5.73 Å². The van der Waals surface area contributed by atoms with Crippen LogP contribution in [0.25, 0.3) is 5.69 Å². The van der Waals surface area contributed by atoms with E-state index in [1.54, 1.807) is 16.8 Å². The molecule has 3 N–H and O–H groups in total. The van der Waals surface area contributed by atoms with Crippen molar-refractivity contribution < 1.29 is 0 Å². The quantitative estimate of drug-likeness (QED) is 0.871. The van der Waals surface area contributed by atoms with Gasteiger partial charge in [0.05, 0.1) is 5.69 Å². The van der Waals surface area contributed by atoms with Crippen LogP contribution >= 0.6 is 11.6 Å². The first kappa shape index (κ1) is 12.0. The van der Waals surface area contributed by atoms with Crippen LogP contribution in [0.4, 0.5) is 0 Å². The molecular formula is C12H14ClN3O. The van der Waals surface area contributed by atoms with Gasteiger partial charge in [-0.3, -0.25) is 14.6 Å². The molecule has 0 amide bonds. The number of nitrogens with one attached hydrogen (secondary N) is 1. The zero-order valence-corrected chi connectivity index (χ0v) is 10.3. The van der Waals surface area contributed by atoms with E-state index >= 15 is 0 Å². The Hall–Kier alpha value is -1.52. The monoisotopic (exact) mass is 251 g/mol. The van der Waals surface area contributed by atoms with Crippen molar-refractivity contribution in [3.05, 3.63) is 50.9 Å². The number of halogens is 1. The number of rotatable bonds is 3. The Morgan fingerprint density at radius 3 is 2.88 bits per heavy atom. The highest BCUT2D eigenvalue weighted by molar-refractivity contribution is 6.30. The molecule has 4 nitrogen and oxygen atoms in total. The smallest absolute Gasteiger partial charge is 0.267 e. The average Bonchev–Trinajstić information content (AvgIpc) is 2.57. The van der Waals surface area contributed by atoms with Crippen molar-refractivity contribution in [2.45, 2.75) is 13.3 Å². The van der Waals surface area contributed by atoms with Crippen LogP contribution in [-0.4, -0.2) is 16.3 Å². The molecule has 1 aromatic heterocycles. The molecule has 0 atom stereocenters. The molecule has 0 spiro atoms. The van der Waals surface area contributed by atoms with Crippen molar-refractivity contribution in [1.82, 2.24) is 9.78 Å². The van der Waals surface area contributed by atoms with Crippen molar-refractivity contribution in [2.24, 2.45) is 5.73 Å². The summed E-state index contributed by atoms with van der Waals surface area (Å²) in [7, 11) is 0. The molecule has 0 unspecified atom stereocenters. The predicted octanol–water partition coefficient (Wildman–Crippen LogP) is 1.63. The third-order valence-electron chi connectivity index (χ3n) is 2.72. The van der Waals surface area contributed by atoms with E-state index in [2.05, 4.69) is 5.10 Å². The zero-order chi connectivity index (χ0) is 12.4. The Labute approximate surface area is 104 Å². The summed E-state index contributed by atoms with van der Waals surface area (Å²) in [6.07, 6.45) is 0.578. The fourth-order valence-electron chi connectivity index (χ4n) is 1.86. The maximum absolute atomic E-state index is 11.7. The van der Waals surface area contributed by atoms with Gasteiger partial charge in [-0.15, -0.1) is 0 Å². The van der Waals surface area contributed by atoms with Crippen LogP contribution in [0.3, 0.4) is 0 Å². The number of nitrogens with two attached hydrogens (primary N) is 1. The maximum atomic E-state index is 11.7. The first-order valence-corrected chi connectivity index (χ1v) is 5.78. The van der Waals surface area contributed by atoms with Crippen molar-refractivity contribution in [2.75, 3.05) is 6.54 Å². The average molecular weight is 252 g/mol. The zero-order valence-electron chi connectivity index (χ0n) is 9.53. The molecule has 1 heterocycles. The number of benzene rings is 1. The lowest BCUT2D eigenvalue weighted by Crippen LogP contribution is -2.12. The fraction of sp³-hybridized carbons (Fsp3) is 0.250. The molecule has 5 heteroatoms. The Morgan fingerprint density at radius 1 is 1.47 bits per heavy atom. The molecule has 0 saturated heterocycles. The van der Waals surface area contributed by atoms with Crippen molar-refractivity contribution in [1.29, 1.82) is 0 Å². The van der Waals surface area contributed by atoms with E-state index in [1.165, 1.54) is 0 Å². The Morgan fingerprint density at radius 2 is 2.24 bits per heavy atom. The van der Waals surface area contributed by atoms with Gasteiger partial charge >= 0.3 is 0 Å². The molecule has 90 valence electrons. The lowest BCUT2D eigenvalue weighted by Gasteiger charge is -2.06. The maximum Gasteiger partial charge on any atom is 0.267 e. The molecule has 2 aromatic rings. The first-order chi connectivity index (χ1) is 8.13. The van der Waals surface area contributed by atoms with Gasteiger partial charge in [-0.2, -0.15) is 0 Å². The summed E-state index contributed by atoms with van der Waals surface area (Å²) in [6.45, 7) is 2.35. The van der Waals surface area contributed by atoms with E-state index in [4.69, 9.17) is 17.3 Å². The van der Waals surface area contributed by atoms with Crippen molar-refractivity contribution in [3.8, 4) is 5.69 Å².